The van der Waals surface area contributed by atoms with E-state index < -0.39 is 0 Å². The fourth-order valence-electron chi connectivity index (χ4n) is 2.38. The number of hydrogen-bond acceptors (Lipinski definition) is 4. The van der Waals surface area contributed by atoms with Gasteiger partial charge in [-0.25, -0.2) is 9.50 Å². The van der Waals surface area contributed by atoms with Gasteiger partial charge in [-0.2, -0.15) is 5.10 Å². The van der Waals surface area contributed by atoms with Crippen molar-refractivity contribution in [3.8, 4) is 17.0 Å². The van der Waals surface area contributed by atoms with Crippen LogP contribution >= 0.6 is 0 Å². The molecule has 22 heavy (non-hydrogen) atoms. The third-order valence-corrected chi connectivity index (χ3v) is 3.49. The zero-order valence-corrected chi connectivity index (χ0v) is 12.4. The van der Waals surface area contributed by atoms with Crippen molar-refractivity contribution in [3.63, 3.8) is 0 Å². The molecule has 5 heteroatoms. The Morgan fingerprint density at radius 3 is 2.82 bits per heavy atom. The highest BCUT2D eigenvalue weighted by Crippen LogP contribution is 2.26. The molecule has 5 nitrogen and oxygen atoms in total. The van der Waals surface area contributed by atoms with Gasteiger partial charge in [-0.15, -0.1) is 0 Å². The quantitative estimate of drug-likeness (QED) is 0.548. The minimum Gasteiger partial charge on any atom is -0.496 e. The van der Waals surface area contributed by atoms with Crippen LogP contribution in [0.15, 0.2) is 49.2 Å². The number of carbonyl (C=O) groups excluding carboxylic acids is 1. The molecule has 0 saturated heterocycles. The molecule has 110 valence electrons. The van der Waals surface area contributed by atoms with Gasteiger partial charge in [-0.1, -0.05) is 6.58 Å². The minimum absolute atomic E-state index is 0.220. The van der Waals surface area contributed by atoms with Crippen LogP contribution in [0.2, 0.25) is 0 Å². The summed E-state index contributed by atoms with van der Waals surface area (Å²) in [5.41, 5.74) is 3.82. The molecule has 0 unspecified atom stereocenters. The van der Waals surface area contributed by atoms with Crippen LogP contribution in [-0.2, 0) is 0 Å². The van der Waals surface area contributed by atoms with E-state index in [9.17, 15) is 4.79 Å². The molecular weight excluding hydrogens is 278 g/mol. The van der Waals surface area contributed by atoms with Crippen LogP contribution in [-0.4, -0.2) is 27.5 Å². The van der Waals surface area contributed by atoms with E-state index in [4.69, 9.17) is 4.74 Å². The van der Waals surface area contributed by atoms with E-state index in [-0.39, 0.29) is 5.78 Å². The van der Waals surface area contributed by atoms with Gasteiger partial charge in [0.05, 0.1) is 12.8 Å². The lowest BCUT2D eigenvalue weighted by Crippen LogP contribution is -1.99. The van der Waals surface area contributed by atoms with Crippen LogP contribution in [0, 0.1) is 6.92 Å². The van der Waals surface area contributed by atoms with Gasteiger partial charge in [0, 0.05) is 17.8 Å². The molecule has 2 heterocycles. The second-order valence-electron chi connectivity index (χ2n) is 4.88. The number of nitrogens with zero attached hydrogens (tertiary/aromatic N) is 3. The molecule has 0 atom stereocenters. The molecule has 3 aromatic rings. The van der Waals surface area contributed by atoms with E-state index in [0.29, 0.717) is 11.3 Å². The maximum absolute atomic E-state index is 11.7. The first-order valence-corrected chi connectivity index (χ1v) is 6.80. The molecule has 0 saturated carbocycles. The third kappa shape index (κ3) is 2.26. The number of fused-ring (bicyclic) bond motifs is 1. The zero-order valence-electron chi connectivity index (χ0n) is 12.4. The molecule has 0 aliphatic rings. The molecule has 0 aliphatic carbocycles. The summed E-state index contributed by atoms with van der Waals surface area (Å²) in [6, 6.07) is 9.41. The average Bonchev–Trinajstić information content (AvgIpc) is 2.98. The smallest absolute Gasteiger partial charge is 0.205 e. The standard InChI is InChI=1S/C17H15N3O2/c1-4-15(21)13-10-17-18-8-7-14(20(17)19-13)12-5-6-16(22-3)11(2)9-12/h4-10H,1H2,2-3H3. The molecule has 0 N–H and O–H groups in total. The first kappa shape index (κ1) is 14.0. The van der Waals surface area contributed by atoms with Gasteiger partial charge >= 0.3 is 0 Å². The average molecular weight is 293 g/mol. The van der Waals surface area contributed by atoms with Crippen LogP contribution in [0.1, 0.15) is 16.1 Å². The van der Waals surface area contributed by atoms with E-state index in [1.807, 2.05) is 31.2 Å². The van der Waals surface area contributed by atoms with E-state index in [0.717, 1.165) is 22.6 Å². The molecular formula is C17H15N3O2. The summed E-state index contributed by atoms with van der Waals surface area (Å²) in [6.07, 6.45) is 2.95. The Balaban J connectivity index is 2.18. The fourth-order valence-corrected chi connectivity index (χ4v) is 2.38. The van der Waals surface area contributed by atoms with Crippen LogP contribution < -0.4 is 4.74 Å². The number of rotatable bonds is 4. The third-order valence-electron chi connectivity index (χ3n) is 3.49. The summed E-state index contributed by atoms with van der Waals surface area (Å²) in [5, 5.41) is 4.33. The molecule has 0 fully saturated rings. The lowest BCUT2D eigenvalue weighted by Gasteiger charge is -2.08. The van der Waals surface area contributed by atoms with Crippen LogP contribution in [0.3, 0.4) is 0 Å². The molecule has 0 bridgehead atoms. The van der Waals surface area contributed by atoms with Gasteiger partial charge < -0.3 is 4.74 Å². The van der Waals surface area contributed by atoms with Crippen molar-refractivity contribution in [3.05, 3.63) is 60.4 Å². The summed E-state index contributed by atoms with van der Waals surface area (Å²) in [4.78, 5) is 16.0. The monoisotopic (exact) mass is 293 g/mol. The predicted octanol–water partition coefficient (Wildman–Crippen LogP) is 3.08. The largest absolute Gasteiger partial charge is 0.496 e. The first-order valence-electron chi connectivity index (χ1n) is 6.80. The molecule has 0 radical (unpaired) electrons. The lowest BCUT2D eigenvalue weighted by molar-refractivity contribution is 0.104. The Morgan fingerprint density at radius 2 is 2.14 bits per heavy atom. The van der Waals surface area contributed by atoms with Crippen LogP contribution in [0.4, 0.5) is 0 Å². The number of carbonyl (C=O) groups is 1. The Labute approximate surface area is 127 Å². The molecule has 1 aromatic carbocycles. The number of ketones is 1. The molecule has 2 aromatic heterocycles. The molecule has 3 rings (SSSR count). The Morgan fingerprint density at radius 1 is 1.32 bits per heavy atom. The number of ether oxygens (including phenoxy) is 1. The topological polar surface area (TPSA) is 56.5 Å². The highest BCUT2D eigenvalue weighted by atomic mass is 16.5. The van der Waals surface area contributed by atoms with E-state index in [1.165, 1.54) is 6.08 Å². The number of aryl methyl sites for hydroxylation is 1. The van der Waals surface area contributed by atoms with Crippen molar-refractivity contribution >= 4 is 11.4 Å². The van der Waals surface area contributed by atoms with Crippen molar-refractivity contribution in [2.24, 2.45) is 0 Å². The number of hydrogen-bond donors (Lipinski definition) is 0. The maximum atomic E-state index is 11.7. The number of benzene rings is 1. The van der Waals surface area contributed by atoms with Gasteiger partial charge in [0.2, 0.25) is 5.78 Å². The van der Waals surface area contributed by atoms with Gasteiger partial charge in [-0.05, 0) is 42.8 Å². The summed E-state index contributed by atoms with van der Waals surface area (Å²) in [7, 11) is 1.65. The van der Waals surface area contributed by atoms with Gasteiger partial charge in [0.25, 0.3) is 0 Å². The zero-order chi connectivity index (χ0) is 15.7. The molecule has 0 amide bonds. The predicted molar refractivity (Wildman–Crippen MR) is 84.2 cm³/mol. The van der Waals surface area contributed by atoms with E-state index >= 15 is 0 Å². The van der Waals surface area contributed by atoms with Crippen LogP contribution in [0.5, 0.6) is 5.75 Å². The normalized spacial score (nSPS) is 10.6. The van der Waals surface area contributed by atoms with Gasteiger partial charge in [0.15, 0.2) is 5.65 Å². The highest BCUT2D eigenvalue weighted by Gasteiger charge is 2.12. The fraction of sp³-hybridized carbons (Fsp3) is 0.118. The second-order valence-corrected chi connectivity index (χ2v) is 4.88. The summed E-state index contributed by atoms with van der Waals surface area (Å²) in [5.74, 6) is 0.611. The van der Waals surface area contributed by atoms with Crippen LogP contribution in [0.25, 0.3) is 16.9 Å². The highest BCUT2D eigenvalue weighted by molar-refractivity contribution is 6.03. The number of allylic oxidation sites excluding steroid dienone is 1. The maximum Gasteiger partial charge on any atom is 0.205 e. The second kappa shape index (κ2) is 5.44. The number of aromatic nitrogens is 3. The summed E-state index contributed by atoms with van der Waals surface area (Å²) in [6.45, 7) is 5.47. The summed E-state index contributed by atoms with van der Waals surface area (Å²) < 4.78 is 6.95. The van der Waals surface area contributed by atoms with Crippen molar-refractivity contribution in [2.45, 2.75) is 6.92 Å². The summed E-state index contributed by atoms with van der Waals surface area (Å²) >= 11 is 0. The van der Waals surface area contributed by atoms with E-state index in [2.05, 4.69) is 16.7 Å². The minimum atomic E-state index is -0.220. The van der Waals surface area contributed by atoms with Crippen molar-refractivity contribution in [1.82, 2.24) is 14.6 Å². The van der Waals surface area contributed by atoms with Crippen molar-refractivity contribution in [1.29, 1.82) is 0 Å². The first-order chi connectivity index (χ1) is 10.6. The Bertz CT molecular complexity index is 881. The van der Waals surface area contributed by atoms with Gasteiger partial charge in [0.1, 0.15) is 11.4 Å². The van der Waals surface area contributed by atoms with E-state index in [1.54, 1.807) is 23.9 Å². The Kier molecular flexibility index (Phi) is 3.47. The molecule has 0 aliphatic heterocycles. The van der Waals surface area contributed by atoms with Crippen molar-refractivity contribution in [2.75, 3.05) is 7.11 Å². The van der Waals surface area contributed by atoms with Crippen molar-refractivity contribution < 1.29 is 9.53 Å². The van der Waals surface area contributed by atoms with Gasteiger partial charge in [-0.3, -0.25) is 4.79 Å². The number of methoxy groups -OCH3 is 1. The molecule has 0 spiro atoms. The SMILES string of the molecule is C=CC(=O)c1cc2nccc(-c3ccc(OC)c(C)c3)n2n1. The Hall–Kier alpha value is -2.95. The lowest BCUT2D eigenvalue weighted by atomic mass is 10.1.